The average molecular weight is 319 g/mol. The van der Waals surface area contributed by atoms with Crippen molar-refractivity contribution in [2.45, 2.75) is 18.9 Å². The largest absolute Gasteiger partial charge is 0.477 e. The van der Waals surface area contributed by atoms with Crippen LogP contribution in [0.2, 0.25) is 0 Å². The molecule has 2 N–H and O–H groups in total. The van der Waals surface area contributed by atoms with Crippen molar-refractivity contribution in [1.29, 1.82) is 0 Å². The van der Waals surface area contributed by atoms with Crippen LogP contribution in [-0.2, 0) is 0 Å². The smallest absolute Gasteiger partial charge is 0.323 e. The predicted molar refractivity (Wildman–Crippen MR) is 79.6 cm³/mol. The molecule has 1 amide bonds. The molecule has 2 aromatic heterocycles. The Bertz CT molecular complexity index is 741. The topological polar surface area (TPSA) is 113 Å². The molecule has 9 heteroatoms. The van der Waals surface area contributed by atoms with Crippen LogP contribution in [0.25, 0.3) is 0 Å². The molecule has 0 saturated carbocycles. The summed E-state index contributed by atoms with van der Waals surface area (Å²) in [7, 11) is 1.50. The molecule has 0 bridgehead atoms. The number of hydrogen-bond acceptors (Lipinski definition) is 6. The number of ether oxygens (including phenoxy) is 2. The average Bonchev–Trinajstić information content (AvgIpc) is 3.01. The van der Waals surface area contributed by atoms with E-state index in [1.165, 1.54) is 25.7 Å². The Balaban J connectivity index is 1.68. The van der Waals surface area contributed by atoms with Crippen LogP contribution < -0.4 is 15.2 Å². The van der Waals surface area contributed by atoms with Crippen molar-refractivity contribution >= 4 is 5.91 Å². The van der Waals surface area contributed by atoms with Crippen molar-refractivity contribution in [1.82, 2.24) is 24.8 Å². The molecule has 23 heavy (non-hydrogen) atoms. The highest BCUT2D eigenvalue weighted by molar-refractivity contribution is 5.92. The summed E-state index contributed by atoms with van der Waals surface area (Å²) in [5.74, 6) is 0.387. The standard InChI is InChI=1S/C14H17N5O4/c1-22-11-12(16-5-4-15-11)23-9-3-2-6-19(8-9)13(20)10-7-17-14(21)18-10/h4-5,7,9H,2-3,6,8H2,1H3,(H2,17,18,21). The molecule has 3 rings (SSSR count). The van der Waals surface area contributed by atoms with Crippen LogP contribution in [0.3, 0.4) is 0 Å². The summed E-state index contributed by atoms with van der Waals surface area (Å²) in [6.07, 6.45) is 5.81. The van der Waals surface area contributed by atoms with Crippen LogP contribution in [0.1, 0.15) is 23.3 Å². The molecular formula is C14H17N5O4. The van der Waals surface area contributed by atoms with Gasteiger partial charge in [0.2, 0.25) is 0 Å². The first-order valence-electron chi connectivity index (χ1n) is 7.26. The van der Waals surface area contributed by atoms with Crippen LogP contribution in [0, 0.1) is 0 Å². The summed E-state index contributed by atoms with van der Waals surface area (Å²) in [4.78, 5) is 38.2. The van der Waals surface area contributed by atoms with Crippen LogP contribution in [0.4, 0.5) is 0 Å². The van der Waals surface area contributed by atoms with Gasteiger partial charge in [0.05, 0.1) is 13.7 Å². The number of amides is 1. The lowest BCUT2D eigenvalue weighted by molar-refractivity contribution is 0.0514. The highest BCUT2D eigenvalue weighted by atomic mass is 16.5. The Morgan fingerprint density at radius 2 is 2.13 bits per heavy atom. The number of nitrogens with zero attached hydrogens (tertiary/aromatic N) is 3. The second kappa shape index (κ2) is 6.51. The molecule has 0 aliphatic carbocycles. The number of aromatic nitrogens is 4. The third kappa shape index (κ3) is 3.33. The number of hydrogen-bond donors (Lipinski definition) is 2. The van der Waals surface area contributed by atoms with Gasteiger partial charge in [-0.25, -0.2) is 14.8 Å². The van der Waals surface area contributed by atoms with Gasteiger partial charge in [-0.15, -0.1) is 0 Å². The maximum Gasteiger partial charge on any atom is 0.323 e. The normalized spacial score (nSPS) is 17.8. The van der Waals surface area contributed by atoms with Gasteiger partial charge in [0, 0.05) is 25.1 Å². The molecular weight excluding hydrogens is 302 g/mol. The molecule has 1 aliphatic rings. The number of rotatable bonds is 4. The van der Waals surface area contributed by atoms with Gasteiger partial charge in [-0.3, -0.25) is 4.79 Å². The lowest BCUT2D eigenvalue weighted by Crippen LogP contribution is -2.44. The third-order valence-corrected chi connectivity index (χ3v) is 3.60. The van der Waals surface area contributed by atoms with Crippen molar-refractivity contribution in [2.24, 2.45) is 0 Å². The molecule has 0 aromatic carbocycles. The van der Waals surface area contributed by atoms with Gasteiger partial charge in [-0.1, -0.05) is 0 Å². The molecule has 1 unspecified atom stereocenters. The Hall–Kier alpha value is -2.84. The van der Waals surface area contributed by atoms with E-state index in [-0.39, 0.29) is 17.7 Å². The fraction of sp³-hybridized carbons (Fsp3) is 0.429. The number of nitrogens with one attached hydrogen (secondary N) is 2. The highest BCUT2D eigenvalue weighted by Crippen LogP contribution is 2.24. The zero-order chi connectivity index (χ0) is 16.2. The number of carbonyl (C=O) groups is 1. The molecule has 9 nitrogen and oxygen atoms in total. The number of methoxy groups -OCH3 is 1. The van der Waals surface area contributed by atoms with E-state index in [9.17, 15) is 9.59 Å². The van der Waals surface area contributed by atoms with Crippen molar-refractivity contribution in [2.75, 3.05) is 20.2 Å². The van der Waals surface area contributed by atoms with E-state index in [0.29, 0.717) is 24.8 Å². The lowest BCUT2D eigenvalue weighted by Gasteiger charge is -2.32. The fourth-order valence-electron chi connectivity index (χ4n) is 2.53. The molecule has 0 spiro atoms. The maximum absolute atomic E-state index is 12.4. The summed E-state index contributed by atoms with van der Waals surface area (Å²) >= 11 is 0. The zero-order valence-corrected chi connectivity index (χ0v) is 12.6. The van der Waals surface area contributed by atoms with E-state index in [1.54, 1.807) is 4.90 Å². The second-order valence-electron chi connectivity index (χ2n) is 5.16. The van der Waals surface area contributed by atoms with Gasteiger partial charge in [0.1, 0.15) is 11.8 Å². The van der Waals surface area contributed by atoms with Gasteiger partial charge >= 0.3 is 5.69 Å². The van der Waals surface area contributed by atoms with Crippen molar-refractivity contribution < 1.29 is 14.3 Å². The first-order chi connectivity index (χ1) is 11.2. The summed E-state index contributed by atoms with van der Waals surface area (Å²) in [6.45, 7) is 1.02. The number of piperidine rings is 1. The molecule has 2 aromatic rings. The van der Waals surface area contributed by atoms with E-state index in [4.69, 9.17) is 9.47 Å². The van der Waals surface area contributed by atoms with Crippen molar-refractivity contribution in [3.8, 4) is 11.8 Å². The molecule has 1 saturated heterocycles. The predicted octanol–water partition coefficient (Wildman–Crippen LogP) is 0.185. The number of aromatic amines is 2. The monoisotopic (exact) mass is 319 g/mol. The van der Waals surface area contributed by atoms with Gasteiger partial charge in [-0.05, 0) is 12.8 Å². The summed E-state index contributed by atoms with van der Waals surface area (Å²) < 4.78 is 10.9. The minimum absolute atomic E-state index is 0.205. The zero-order valence-electron chi connectivity index (χ0n) is 12.6. The number of carbonyl (C=O) groups excluding carboxylic acids is 1. The molecule has 122 valence electrons. The summed E-state index contributed by atoms with van der Waals surface area (Å²) in [5.41, 5.74) is -0.157. The van der Waals surface area contributed by atoms with Crippen LogP contribution >= 0.6 is 0 Å². The van der Waals surface area contributed by atoms with Gasteiger partial charge in [0.15, 0.2) is 0 Å². The minimum Gasteiger partial charge on any atom is -0.477 e. The van der Waals surface area contributed by atoms with Crippen molar-refractivity contribution in [3.63, 3.8) is 0 Å². The Kier molecular flexibility index (Phi) is 4.26. The first-order valence-corrected chi connectivity index (χ1v) is 7.26. The van der Waals surface area contributed by atoms with Gasteiger partial charge in [0.25, 0.3) is 17.7 Å². The molecule has 1 aliphatic heterocycles. The number of likely N-dealkylation sites (tertiary alicyclic amines) is 1. The van der Waals surface area contributed by atoms with E-state index in [1.807, 2.05) is 0 Å². The van der Waals surface area contributed by atoms with E-state index in [2.05, 4.69) is 19.9 Å². The summed E-state index contributed by atoms with van der Waals surface area (Å²) in [6, 6.07) is 0. The van der Waals surface area contributed by atoms with Crippen molar-refractivity contribution in [3.05, 3.63) is 34.8 Å². The SMILES string of the molecule is COc1nccnc1OC1CCCN(C(=O)c2c[nH]c(=O)[nH]2)C1. The highest BCUT2D eigenvalue weighted by Gasteiger charge is 2.27. The van der Waals surface area contributed by atoms with Gasteiger partial charge in [-0.2, -0.15) is 0 Å². The Labute approximate surface area is 131 Å². The minimum atomic E-state index is -0.401. The fourth-order valence-corrected chi connectivity index (χ4v) is 2.53. The molecule has 1 fully saturated rings. The molecule has 0 radical (unpaired) electrons. The van der Waals surface area contributed by atoms with Crippen LogP contribution in [-0.4, -0.2) is 57.0 Å². The molecule has 1 atom stereocenters. The van der Waals surface area contributed by atoms with E-state index in [0.717, 1.165) is 12.8 Å². The van der Waals surface area contributed by atoms with Crippen LogP contribution in [0.5, 0.6) is 11.8 Å². The van der Waals surface area contributed by atoms with Gasteiger partial charge < -0.3 is 24.3 Å². The van der Waals surface area contributed by atoms with E-state index >= 15 is 0 Å². The quantitative estimate of drug-likeness (QED) is 0.831. The Morgan fingerprint density at radius 1 is 1.35 bits per heavy atom. The second-order valence-corrected chi connectivity index (χ2v) is 5.16. The third-order valence-electron chi connectivity index (χ3n) is 3.60. The summed E-state index contributed by atoms with van der Waals surface area (Å²) in [5, 5.41) is 0. The molecule has 3 heterocycles. The first kappa shape index (κ1) is 15.1. The maximum atomic E-state index is 12.4. The number of imidazole rings is 1. The van der Waals surface area contributed by atoms with E-state index < -0.39 is 5.69 Å². The Morgan fingerprint density at radius 3 is 2.83 bits per heavy atom. The van der Waals surface area contributed by atoms with Crippen LogP contribution in [0.15, 0.2) is 23.4 Å². The number of H-pyrrole nitrogens is 2. The lowest BCUT2D eigenvalue weighted by atomic mass is 10.1.